The zero-order valence-corrected chi connectivity index (χ0v) is 3.96. The average Bonchev–Trinajstić information content (AvgIpc) is 1.65. The van der Waals surface area contributed by atoms with E-state index in [4.69, 9.17) is 5.11 Å². The Morgan fingerprint density at radius 3 is 2.43 bits per heavy atom. The van der Waals surface area contributed by atoms with E-state index >= 15 is 0 Å². The minimum absolute atomic E-state index is 0.778. The van der Waals surface area contributed by atoms with Crippen LogP contribution in [-0.2, 0) is 4.79 Å². The summed E-state index contributed by atoms with van der Waals surface area (Å²) in [6.07, 6.45) is 0. The Kier molecular flexibility index (Phi) is 1.86. The second-order valence-corrected chi connectivity index (χ2v) is 1.16. The summed E-state index contributed by atoms with van der Waals surface area (Å²) in [5.74, 6) is -0.998. The van der Waals surface area contributed by atoms with Gasteiger partial charge in [-0.05, 0) is 0 Å². The predicted octanol–water partition coefficient (Wildman–Crippen LogP) is 0.422. The van der Waals surface area contributed by atoms with Crippen LogP contribution in [0.4, 0.5) is 0 Å². The molecular weight excluding hydrogens is 94.0 g/mol. The lowest BCUT2D eigenvalue weighted by Crippen LogP contribution is -2.09. The molecule has 0 radical (unpaired) electrons. The van der Waals surface area contributed by atoms with Gasteiger partial charge in [0.1, 0.15) is 0 Å². The highest BCUT2D eigenvalue weighted by Crippen LogP contribution is 1.84. The molecule has 0 aliphatic rings. The van der Waals surface area contributed by atoms with E-state index in [1.807, 2.05) is 0 Å². The maximum Gasteiger partial charge on any atom is 0.392 e. The van der Waals surface area contributed by atoms with E-state index in [1.165, 1.54) is 6.92 Å². The summed E-state index contributed by atoms with van der Waals surface area (Å²) >= 11 is 0. The Bertz CT molecular complexity index is 113. The Hall–Kier alpha value is -1.04. The summed E-state index contributed by atoms with van der Waals surface area (Å²) in [5.41, 5.74) is 0. The largest absolute Gasteiger partial charge is 0.475 e. The fraction of sp³-hybridized carbons (Fsp3) is 0.500. The first kappa shape index (κ1) is 5.96. The number of carboxylic acid groups (broad SMARTS) is 1. The van der Waals surface area contributed by atoms with E-state index in [0.29, 0.717) is 0 Å². The molecule has 1 unspecified atom stereocenters. The van der Waals surface area contributed by atoms with Crippen molar-refractivity contribution >= 4 is 5.97 Å². The van der Waals surface area contributed by atoms with E-state index in [0.717, 1.165) is 0 Å². The average molecular weight is 100 g/mol. The highest BCUT2D eigenvalue weighted by molar-refractivity contribution is 5.74. The van der Waals surface area contributed by atoms with E-state index in [2.05, 4.69) is 11.4 Å². The van der Waals surface area contributed by atoms with Crippen LogP contribution in [0.2, 0.25) is 0 Å². The normalized spacial score (nSPS) is 12.0. The molecule has 0 aromatic rings. The van der Waals surface area contributed by atoms with Crippen molar-refractivity contribution < 1.29 is 9.90 Å². The molecule has 0 aliphatic carbocycles. The Morgan fingerprint density at radius 2 is 2.43 bits per heavy atom. The van der Waals surface area contributed by atoms with Crippen molar-refractivity contribution in [1.29, 1.82) is 0 Å². The number of carboxylic acids is 1. The van der Waals surface area contributed by atoms with E-state index in [1.54, 1.807) is 0 Å². The maximum absolute atomic E-state index is 9.76. The minimum atomic E-state index is -0.998. The van der Waals surface area contributed by atoms with Crippen LogP contribution in [0.15, 0.2) is 0 Å². The van der Waals surface area contributed by atoms with Crippen LogP contribution < -0.4 is 0 Å². The highest BCUT2D eigenvalue weighted by Gasteiger charge is 2.16. The summed E-state index contributed by atoms with van der Waals surface area (Å²) in [7, 11) is 0. The lowest BCUT2D eigenvalue weighted by molar-refractivity contribution is -0.137. The number of rotatable bonds is 1. The summed E-state index contributed by atoms with van der Waals surface area (Å²) in [5, 5.41) is 8.01. The van der Waals surface area contributed by atoms with Gasteiger partial charge in [0.2, 0.25) is 0 Å². The third kappa shape index (κ3) is 1.77. The van der Waals surface area contributed by atoms with Gasteiger partial charge in [0.25, 0.3) is 6.57 Å². The first-order chi connectivity index (χ1) is 3.18. The molecule has 0 heterocycles. The fourth-order valence-electron chi connectivity index (χ4n) is 0.0638. The zero-order valence-electron chi connectivity index (χ0n) is 3.96. The third-order valence-electron chi connectivity index (χ3n) is 0.581. The van der Waals surface area contributed by atoms with Crippen LogP contribution in [0, 0.1) is 6.57 Å². The lowest BCUT2D eigenvalue weighted by atomic mass is 10.4. The highest BCUT2D eigenvalue weighted by atomic mass is 16.4. The van der Waals surface area contributed by atoms with Gasteiger partial charge in [-0.1, -0.05) is 4.85 Å². The molecule has 3 nitrogen and oxygen atoms in total. The van der Waals surface area contributed by atoms with Crippen molar-refractivity contribution in [1.82, 2.24) is 0 Å². The standard InChI is InChI=1S/C4H5NO2/c1-3(5-2)4(6)7/h2-3H,1H3/p+1. The van der Waals surface area contributed by atoms with Crippen LogP contribution in [0.25, 0.3) is 4.85 Å². The molecule has 7 heavy (non-hydrogen) atoms. The molecule has 1 atom stereocenters. The number of hydrogen-bond acceptors (Lipinski definition) is 1. The fourth-order valence-corrected chi connectivity index (χ4v) is 0.0638. The van der Waals surface area contributed by atoms with Crippen molar-refractivity contribution in [2.75, 3.05) is 0 Å². The summed E-state index contributed by atoms with van der Waals surface area (Å²) < 4.78 is 0. The monoisotopic (exact) mass is 100 g/mol. The Morgan fingerprint density at radius 1 is 2.00 bits per heavy atom. The zero-order chi connectivity index (χ0) is 5.86. The molecule has 0 saturated heterocycles. The molecular formula is C4H6NO2+. The van der Waals surface area contributed by atoms with Crippen molar-refractivity contribution in [2.24, 2.45) is 0 Å². The van der Waals surface area contributed by atoms with Crippen LogP contribution in [0.1, 0.15) is 6.92 Å². The van der Waals surface area contributed by atoms with Gasteiger partial charge >= 0.3 is 12.0 Å². The van der Waals surface area contributed by atoms with Gasteiger partial charge in [0.15, 0.2) is 0 Å². The summed E-state index contributed by atoms with van der Waals surface area (Å²) in [6.45, 7) is 6.02. The van der Waals surface area contributed by atoms with Crippen LogP contribution in [-0.4, -0.2) is 17.1 Å². The van der Waals surface area contributed by atoms with Crippen LogP contribution >= 0.6 is 0 Å². The Balaban J connectivity index is 3.63. The topological polar surface area (TPSA) is 41.7 Å². The minimum Gasteiger partial charge on any atom is -0.475 e. The molecule has 38 valence electrons. The molecule has 0 rings (SSSR count). The van der Waals surface area contributed by atoms with Gasteiger partial charge in [-0.2, -0.15) is 0 Å². The molecule has 0 aliphatic heterocycles. The molecule has 3 heteroatoms. The predicted molar refractivity (Wildman–Crippen MR) is 25.4 cm³/mol. The van der Waals surface area contributed by atoms with Gasteiger partial charge in [-0.15, -0.1) is 0 Å². The van der Waals surface area contributed by atoms with Crippen molar-refractivity contribution in [3.8, 4) is 6.57 Å². The summed E-state index contributed by atoms with van der Waals surface area (Å²) in [4.78, 5) is 12.7. The van der Waals surface area contributed by atoms with Crippen LogP contribution in [0.3, 0.4) is 0 Å². The molecule has 0 amide bonds. The second-order valence-electron chi connectivity index (χ2n) is 1.16. The van der Waals surface area contributed by atoms with Crippen molar-refractivity contribution in [3.05, 3.63) is 4.85 Å². The maximum atomic E-state index is 9.76. The summed E-state index contributed by atoms with van der Waals surface area (Å²) in [6, 6.07) is -0.778. The number of hydrogen-bond donors (Lipinski definition) is 1. The molecule has 1 N–H and O–H groups in total. The Labute approximate surface area is 41.4 Å². The number of nitrogens with zero attached hydrogens (tertiary/aromatic N) is 1. The van der Waals surface area contributed by atoms with Gasteiger partial charge in [-0.25, -0.2) is 4.79 Å². The van der Waals surface area contributed by atoms with E-state index in [-0.39, 0.29) is 0 Å². The van der Waals surface area contributed by atoms with Crippen molar-refractivity contribution in [3.63, 3.8) is 0 Å². The van der Waals surface area contributed by atoms with Gasteiger partial charge < -0.3 is 5.11 Å². The molecule has 0 bridgehead atoms. The van der Waals surface area contributed by atoms with Gasteiger partial charge in [0, 0.05) is 6.92 Å². The quantitative estimate of drug-likeness (QED) is 0.519. The van der Waals surface area contributed by atoms with Gasteiger partial charge in [-0.3, -0.25) is 0 Å². The van der Waals surface area contributed by atoms with Crippen LogP contribution in [0.5, 0.6) is 0 Å². The van der Waals surface area contributed by atoms with Crippen molar-refractivity contribution in [2.45, 2.75) is 13.0 Å². The molecule has 0 aromatic carbocycles. The number of aliphatic carboxylic acids is 1. The first-order valence-corrected chi connectivity index (χ1v) is 1.81. The smallest absolute Gasteiger partial charge is 0.392 e. The van der Waals surface area contributed by atoms with Gasteiger partial charge in [0.05, 0.1) is 0 Å². The first-order valence-electron chi connectivity index (χ1n) is 1.81. The number of carbonyl (C=O) groups is 1. The van der Waals surface area contributed by atoms with E-state index < -0.39 is 12.0 Å². The molecule has 0 fully saturated rings. The molecule has 0 saturated carbocycles. The molecule has 0 spiro atoms. The third-order valence-corrected chi connectivity index (χ3v) is 0.581. The lowest BCUT2D eigenvalue weighted by Gasteiger charge is -1.77. The second kappa shape index (κ2) is 2.19. The van der Waals surface area contributed by atoms with E-state index in [9.17, 15) is 4.79 Å². The molecule has 0 aromatic heterocycles. The SMILES string of the molecule is C#[N+]C(C)C(=O)O.